The minimum atomic E-state index is -0.160. The molecule has 0 radical (unpaired) electrons. The molecule has 3 amide bonds. The Balaban J connectivity index is 1.54. The third-order valence-corrected chi connectivity index (χ3v) is 5.84. The number of hydrogen-bond donors (Lipinski definition) is 2. The van der Waals surface area contributed by atoms with Gasteiger partial charge >= 0.3 is 6.03 Å². The maximum atomic E-state index is 12.7. The van der Waals surface area contributed by atoms with Crippen molar-refractivity contribution >= 4 is 17.6 Å². The number of carbonyl (C=O) groups excluding carboxylic acids is 2. The van der Waals surface area contributed by atoms with Gasteiger partial charge in [0.15, 0.2) is 0 Å². The van der Waals surface area contributed by atoms with Crippen LogP contribution in [0.2, 0.25) is 0 Å². The number of nitrogens with one attached hydrogen (secondary N) is 2. The van der Waals surface area contributed by atoms with E-state index in [9.17, 15) is 9.59 Å². The van der Waals surface area contributed by atoms with Crippen LogP contribution >= 0.6 is 0 Å². The first-order valence-corrected chi connectivity index (χ1v) is 10.1. The second-order valence-corrected chi connectivity index (χ2v) is 7.82. The Morgan fingerprint density at radius 2 is 1.96 bits per heavy atom. The Morgan fingerprint density at radius 1 is 1.15 bits per heavy atom. The zero-order valence-electron chi connectivity index (χ0n) is 16.4. The van der Waals surface area contributed by atoms with Crippen LogP contribution in [0.3, 0.4) is 0 Å². The van der Waals surface area contributed by atoms with Crippen molar-refractivity contribution in [3.8, 4) is 5.75 Å². The fourth-order valence-electron chi connectivity index (χ4n) is 4.11. The lowest BCUT2D eigenvalue weighted by atomic mass is 9.85. The van der Waals surface area contributed by atoms with Crippen LogP contribution in [0.5, 0.6) is 5.75 Å². The van der Waals surface area contributed by atoms with E-state index in [1.54, 1.807) is 18.1 Å². The van der Waals surface area contributed by atoms with E-state index in [-0.39, 0.29) is 23.9 Å². The van der Waals surface area contributed by atoms with Crippen molar-refractivity contribution in [2.75, 3.05) is 25.5 Å². The van der Waals surface area contributed by atoms with Gasteiger partial charge in [0, 0.05) is 30.9 Å². The normalized spacial score (nSPS) is 25.6. The van der Waals surface area contributed by atoms with Crippen molar-refractivity contribution < 1.29 is 14.3 Å². The fourth-order valence-corrected chi connectivity index (χ4v) is 4.11. The van der Waals surface area contributed by atoms with Gasteiger partial charge in [-0.05, 0) is 43.7 Å². The van der Waals surface area contributed by atoms with E-state index < -0.39 is 0 Å². The minimum Gasteiger partial charge on any atom is -0.497 e. The summed E-state index contributed by atoms with van der Waals surface area (Å²) < 4.78 is 5.19. The summed E-state index contributed by atoms with van der Waals surface area (Å²) >= 11 is 0. The first-order chi connectivity index (χ1) is 13.1. The van der Waals surface area contributed by atoms with Gasteiger partial charge in [0.05, 0.1) is 13.0 Å². The summed E-state index contributed by atoms with van der Waals surface area (Å²) in [5.74, 6) is 1.22. The van der Waals surface area contributed by atoms with Crippen LogP contribution in [0.4, 0.5) is 10.5 Å². The van der Waals surface area contributed by atoms with E-state index in [0.29, 0.717) is 30.4 Å². The van der Waals surface area contributed by atoms with E-state index >= 15 is 0 Å². The predicted molar refractivity (Wildman–Crippen MR) is 106 cm³/mol. The van der Waals surface area contributed by atoms with Crippen LogP contribution in [0.1, 0.15) is 45.4 Å². The highest BCUT2D eigenvalue weighted by Gasteiger charge is 2.31. The molecule has 2 fully saturated rings. The van der Waals surface area contributed by atoms with Gasteiger partial charge in [-0.2, -0.15) is 0 Å². The van der Waals surface area contributed by atoms with E-state index in [1.807, 2.05) is 18.2 Å². The Bertz CT molecular complexity index is 664. The predicted octanol–water partition coefficient (Wildman–Crippen LogP) is 3.63. The van der Waals surface area contributed by atoms with Crippen LogP contribution in [-0.2, 0) is 4.79 Å². The van der Waals surface area contributed by atoms with Crippen LogP contribution in [0.15, 0.2) is 24.3 Å². The number of hydrogen-bond acceptors (Lipinski definition) is 3. The monoisotopic (exact) mass is 373 g/mol. The molecular weight excluding hydrogens is 342 g/mol. The average Bonchev–Trinajstić information content (AvgIpc) is 2.70. The van der Waals surface area contributed by atoms with Gasteiger partial charge in [-0.1, -0.05) is 25.8 Å². The van der Waals surface area contributed by atoms with Crippen molar-refractivity contribution in [1.82, 2.24) is 10.2 Å². The van der Waals surface area contributed by atoms with Crippen molar-refractivity contribution in [3.05, 3.63) is 24.3 Å². The Kier molecular flexibility index (Phi) is 6.58. The molecule has 148 valence electrons. The molecule has 1 aliphatic carbocycles. The smallest absolute Gasteiger partial charge is 0.321 e. The van der Waals surface area contributed by atoms with Gasteiger partial charge in [0.25, 0.3) is 0 Å². The summed E-state index contributed by atoms with van der Waals surface area (Å²) in [6.45, 7) is 3.38. The van der Waals surface area contributed by atoms with Crippen LogP contribution < -0.4 is 15.4 Å². The molecule has 27 heavy (non-hydrogen) atoms. The van der Waals surface area contributed by atoms with Crippen LogP contribution in [-0.4, -0.2) is 43.1 Å². The molecule has 2 N–H and O–H groups in total. The number of piperidine rings is 1. The number of anilines is 1. The second kappa shape index (κ2) is 9.11. The van der Waals surface area contributed by atoms with Crippen molar-refractivity contribution in [1.29, 1.82) is 0 Å². The van der Waals surface area contributed by atoms with Gasteiger partial charge in [-0.3, -0.25) is 4.79 Å². The number of rotatable bonds is 4. The first-order valence-electron chi connectivity index (χ1n) is 10.1. The zero-order valence-corrected chi connectivity index (χ0v) is 16.4. The summed E-state index contributed by atoms with van der Waals surface area (Å²) in [4.78, 5) is 27.1. The van der Waals surface area contributed by atoms with Crippen LogP contribution in [0.25, 0.3) is 0 Å². The van der Waals surface area contributed by atoms with E-state index in [4.69, 9.17) is 4.74 Å². The Labute approximate surface area is 161 Å². The molecule has 3 atom stereocenters. The van der Waals surface area contributed by atoms with Crippen LogP contribution in [0, 0.1) is 11.8 Å². The highest BCUT2D eigenvalue weighted by atomic mass is 16.5. The van der Waals surface area contributed by atoms with Gasteiger partial charge in [-0.25, -0.2) is 4.79 Å². The van der Waals surface area contributed by atoms with Crippen molar-refractivity contribution in [3.63, 3.8) is 0 Å². The molecule has 1 saturated heterocycles. The molecule has 2 aliphatic rings. The Morgan fingerprint density at radius 3 is 2.74 bits per heavy atom. The molecule has 6 nitrogen and oxygen atoms in total. The third kappa shape index (κ3) is 5.15. The molecule has 0 aromatic heterocycles. The fraction of sp³-hybridized carbons (Fsp3) is 0.619. The number of likely N-dealkylation sites (tertiary alicyclic amines) is 1. The van der Waals surface area contributed by atoms with E-state index in [1.165, 1.54) is 19.3 Å². The van der Waals surface area contributed by atoms with Crippen molar-refractivity contribution in [2.24, 2.45) is 11.8 Å². The largest absolute Gasteiger partial charge is 0.497 e. The molecule has 1 aromatic carbocycles. The molecule has 0 unspecified atom stereocenters. The minimum absolute atomic E-state index is 0.104. The summed E-state index contributed by atoms with van der Waals surface area (Å²) in [6.07, 6.45) is 6.40. The number of carbonyl (C=O) groups is 2. The number of ether oxygens (including phenoxy) is 1. The Hall–Kier alpha value is -2.24. The molecule has 1 aromatic rings. The standard InChI is InChI=1S/C21H31N3O3/c1-15-7-3-4-11-19(15)23-20(25)16-8-6-12-24(14-16)21(26)22-17-9-5-10-18(13-17)27-2/h5,9-10,13,15-16,19H,3-4,6-8,11-12,14H2,1-2H3,(H,22,26)(H,23,25)/t15-,16-,19-/m1/s1. The molecule has 3 rings (SSSR count). The van der Waals surface area contributed by atoms with Gasteiger partial charge < -0.3 is 20.3 Å². The molecule has 0 bridgehead atoms. The van der Waals surface area contributed by atoms with E-state index in [0.717, 1.165) is 19.3 Å². The highest BCUT2D eigenvalue weighted by molar-refractivity contribution is 5.90. The molecule has 1 saturated carbocycles. The number of methoxy groups -OCH3 is 1. The summed E-state index contributed by atoms with van der Waals surface area (Å²) in [5.41, 5.74) is 0.696. The van der Waals surface area contributed by atoms with Gasteiger partial charge in [-0.15, -0.1) is 0 Å². The topological polar surface area (TPSA) is 70.7 Å². The maximum Gasteiger partial charge on any atom is 0.321 e. The zero-order chi connectivity index (χ0) is 19.2. The number of nitrogens with zero attached hydrogens (tertiary/aromatic N) is 1. The molecule has 1 heterocycles. The van der Waals surface area contributed by atoms with Crippen molar-refractivity contribution in [2.45, 2.75) is 51.5 Å². The highest BCUT2D eigenvalue weighted by Crippen LogP contribution is 2.25. The van der Waals surface area contributed by atoms with E-state index in [2.05, 4.69) is 17.6 Å². The third-order valence-electron chi connectivity index (χ3n) is 5.84. The van der Waals surface area contributed by atoms with Gasteiger partial charge in [0.1, 0.15) is 5.75 Å². The molecule has 0 spiro atoms. The summed E-state index contributed by atoms with van der Waals surface area (Å²) in [7, 11) is 1.60. The lowest BCUT2D eigenvalue weighted by Gasteiger charge is -2.35. The first kappa shape index (κ1) is 19.5. The number of amides is 3. The molecule has 1 aliphatic heterocycles. The lowest BCUT2D eigenvalue weighted by molar-refractivity contribution is -0.127. The SMILES string of the molecule is COc1cccc(NC(=O)N2CCC[C@@H](C(=O)N[C@@H]3CCCC[C@H]3C)C2)c1. The quantitative estimate of drug-likeness (QED) is 0.847. The summed E-state index contributed by atoms with van der Waals surface area (Å²) in [6, 6.07) is 7.42. The average molecular weight is 373 g/mol. The number of urea groups is 1. The van der Waals surface area contributed by atoms with Gasteiger partial charge in [0.2, 0.25) is 5.91 Å². The molecular formula is C21H31N3O3. The maximum absolute atomic E-state index is 12.7. The summed E-state index contributed by atoms with van der Waals surface area (Å²) in [5, 5.41) is 6.16. The molecule has 6 heteroatoms. The lowest BCUT2D eigenvalue weighted by Crippen LogP contribution is -2.50. The number of benzene rings is 1. The second-order valence-electron chi connectivity index (χ2n) is 7.82.